The van der Waals surface area contributed by atoms with E-state index in [0.717, 1.165) is 6.04 Å². The van der Waals surface area contributed by atoms with E-state index in [0.29, 0.717) is 12.6 Å². The van der Waals surface area contributed by atoms with Crippen LogP contribution in [0.3, 0.4) is 0 Å². The zero-order chi connectivity index (χ0) is 13.9. The summed E-state index contributed by atoms with van der Waals surface area (Å²) < 4.78 is 5.36. The average Bonchev–Trinajstić information content (AvgIpc) is 2.48. The van der Waals surface area contributed by atoms with Crippen molar-refractivity contribution in [3.63, 3.8) is 0 Å². The van der Waals surface area contributed by atoms with Gasteiger partial charge in [0.1, 0.15) is 0 Å². The molecule has 1 aromatic carbocycles. The Morgan fingerprint density at radius 3 is 2.90 bits per heavy atom. The van der Waals surface area contributed by atoms with Crippen molar-refractivity contribution in [3.8, 4) is 0 Å². The largest absolute Gasteiger partial charge is 0.380 e. The van der Waals surface area contributed by atoms with Crippen LogP contribution in [0, 0.1) is 0 Å². The van der Waals surface area contributed by atoms with Crippen LogP contribution in [0.4, 0.5) is 5.69 Å². The van der Waals surface area contributed by atoms with Crippen molar-refractivity contribution in [2.24, 2.45) is 0 Å². The Labute approximate surface area is 122 Å². The molecule has 0 radical (unpaired) electrons. The summed E-state index contributed by atoms with van der Waals surface area (Å²) in [5, 5.41) is 0. The van der Waals surface area contributed by atoms with Crippen molar-refractivity contribution in [2.75, 3.05) is 31.6 Å². The Balaban J connectivity index is 1.82. The minimum atomic E-state index is 0.586. The smallest absolute Gasteiger partial charge is 0.0733 e. The van der Waals surface area contributed by atoms with Crippen LogP contribution in [0.2, 0.25) is 0 Å². The highest BCUT2D eigenvalue weighted by molar-refractivity contribution is 5.55. The fourth-order valence-electron chi connectivity index (χ4n) is 3.76. The van der Waals surface area contributed by atoms with E-state index in [1.807, 2.05) is 0 Å². The Morgan fingerprint density at radius 1 is 1.20 bits per heavy atom. The highest BCUT2D eigenvalue weighted by atomic mass is 16.5. The number of anilines is 1. The minimum absolute atomic E-state index is 0.586. The molecule has 2 unspecified atom stereocenters. The number of piperidine rings is 1. The molecule has 0 spiro atoms. The van der Waals surface area contributed by atoms with Crippen LogP contribution in [0.1, 0.15) is 31.7 Å². The van der Waals surface area contributed by atoms with E-state index in [9.17, 15) is 0 Å². The van der Waals surface area contributed by atoms with Gasteiger partial charge in [0.05, 0.1) is 6.61 Å². The van der Waals surface area contributed by atoms with Crippen LogP contribution >= 0.6 is 0 Å². The van der Waals surface area contributed by atoms with Gasteiger partial charge in [-0.25, -0.2) is 0 Å². The van der Waals surface area contributed by atoms with Gasteiger partial charge in [0.25, 0.3) is 0 Å². The first-order valence-electron chi connectivity index (χ1n) is 7.87. The molecule has 0 saturated carbocycles. The van der Waals surface area contributed by atoms with Gasteiger partial charge in [-0.15, -0.1) is 0 Å². The number of hydrogen-bond acceptors (Lipinski definition) is 3. The van der Waals surface area contributed by atoms with E-state index >= 15 is 0 Å². The van der Waals surface area contributed by atoms with Crippen molar-refractivity contribution >= 4 is 5.69 Å². The normalized spacial score (nSPS) is 27.4. The quantitative estimate of drug-likeness (QED) is 0.843. The zero-order valence-electron chi connectivity index (χ0n) is 12.7. The number of hydrogen-bond donors (Lipinski definition) is 0. The van der Waals surface area contributed by atoms with E-state index in [1.54, 1.807) is 7.11 Å². The topological polar surface area (TPSA) is 15.7 Å². The van der Waals surface area contributed by atoms with E-state index in [4.69, 9.17) is 4.74 Å². The Morgan fingerprint density at radius 2 is 2.05 bits per heavy atom. The van der Waals surface area contributed by atoms with Crippen molar-refractivity contribution in [3.05, 3.63) is 29.8 Å². The van der Waals surface area contributed by atoms with Gasteiger partial charge in [0, 0.05) is 43.5 Å². The summed E-state index contributed by atoms with van der Waals surface area (Å²) in [5.74, 6) is 0. The molecule has 0 aromatic heterocycles. The molecule has 2 heterocycles. The first-order chi connectivity index (χ1) is 9.79. The zero-order valence-corrected chi connectivity index (χ0v) is 12.7. The number of rotatable bonds is 3. The van der Waals surface area contributed by atoms with Gasteiger partial charge in [0.15, 0.2) is 0 Å². The fourth-order valence-corrected chi connectivity index (χ4v) is 3.76. The lowest BCUT2D eigenvalue weighted by molar-refractivity contribution is 0.115. The number of benzene rings is 1. The average molecular weight is 274 g/mol. The molecule has 3 rings (SSSR count). The lowest BCUT2D eigenvalue weighted by Crippen LogP contribution is -2.59. The van der Waals surface area contributed by atoms with Crippen molar-refractivity contribution < 1.29 is 4.74 Å². The number of para-hydroxylation sites is 1. The van der Waals surface area contributed by atoms with E-state index in [2.05, 4.69) is 41.0 Å². The van der Waals surface area contributed by atoms with Gasteiger partial charge >= 0.3 is 0 Å². The predicted octanol–water partition coefficient (Wildman–Crippen LogP) is 2.90. The molecule has 2 atom stereocenters. The van der Waals surface area contributed by atoms with Gasteiger partial charge in [-0.1, -0.05) is 24.6 Å². The molecule has 2 aliphatic heterocycles. The molecule has 110 valence electrons. The van der Waals surface area contributed by atoms with Gasteiger partial charge in [-0.05, 0) is 32.4 Å². The van der Waals surface area contributed by atoms with E-state index < -0.39 is 0 Å². The van der Waals surface area contributed by atoms with Crippen LogP contribution in [-0.2, 0) is 11.3 Å². The van der Waals surface area contributed by atoms with Gasteiger partial charge < -0.3 is 9.64 Å². The molecule has 0 aliphatic carbocycles. The SMILES string of the molecule is COCc1ccccc1N1CC2CCCCN2CC1C. The lowest BCUT2D eigenvalue weighted by atomic mass is 9.96. The first kappa shape index (κ1) is 13.9. The fraction of sp³-hybridized carbons (Fsp3) is 0.647. The van der Waals surface area contributed by atoms with E-state index in [1.165, 1.54) is 50.1 Å². The van der Waals surface area contributed by atoms with Crippen molar-refractivity contribution in [2.45, 2.75) is 44.9 Å². The number of ether oxygens (including phenoxy) is 1. The molecule has 3 heteroatoms. The maximum atomic E-state index is 5.36. The third-order valence-corrected chi connectivity index (χ3v) is 4.79. The maximum Gasteiger partial charge on any atom is 0.0733 e. The Kier molecular flexibility index (Phi) is 4.27. The summed E-state index contributed by atoms with van der Waals surface area (Å²) in [7, 11) is 1.78. The van der Waals surface area contributed by atoms with E-state index in [-0.39, 0.29) is 0 Å². The molecule has 20 heavy (non-hydrogen) atoms. The number of methoxy groups -OCH3 is 1. The predicted molar refractivity (Wildman–Crippen MR) is 83.2 cm³/mol. The Hall–Kier alpha value is -1.06. The van der Waals surface area contributed by atoms with Gasteiger partial charge in [-0.3, -0.25) is 4.90 Å². The summed E-state index contributed by atoms with van der Waals surface area (Å²) >= 11 is 0. The Bertz CT molecular complexity index is 448. The van der Waals surface area contributed by atoms with Crippen molar-refractivity contribution in [1.82, 2.24) is 4.90 Å². The summed E-state index contributed by atoms with van der Waals surface area (Å²) in [6.07, 6.45) is 4.13. The van der Waals surface area contributed by atoms with Gasteiger partial charge in [-0.2, -0.15) is 0 Å². The summed E-state index contributed by atoms with van der Waals surface area (Å²) in [5.41, 5.74) is 2.68. The number of fused-ring (bicyclic) bond motifs is 1. The summed E-state index contributed by atoms with van der Waals surface area (Å²) in [6.45, 7) is 6.72. The summed E-state index contributed by atoms with van der Waals surface area (Å²) in [6, 6.07) is 10.0. The number of nitrogens with zero attached hydrogens (tertiary/aromatic N) is 2. The van der Waals surface area contributed by atoms with Gasteiger partial charge in [0.2, 0.25) is 0 Å². The molecular weight excluding hydrogens is 248 g/mol. The molecule has 1 aromatic rings. The first-order valence-corrected chi connectivity index (χ1v) is 7.87. The molecule has 2 saturated heterocycles. The minimum Gasteiger partial charge on any atom is -0.380 e. The second-order valence-electron chi connectivity index (χ2n) is 6.21. The third kappa shape index (κ3) is 2.70. The highest BCUT2D eigenvalue weighted by Crippen LogP contribution is 2.30. The van der Waals surface area contributed by atoms with Crippen LogP contribution < -0.4 is 4.90 Å². The molecule has 0 bridgehead atoms. The third-order valence-electron chi connectivity index (χ3n) is 4.79. The van der Waals surface area contributed by atoms with Crippen LogP contribution in [-0.4, -0.2) is 43.7 Å². The standard InChI is InChI=1S/C17H26N2O/c1-14-11-18-10-6-5-8-16(18)12-19(14)17-9-4-3-7-15(17)13-20-2/h3-4,7,9,14,16H,5-6,8,10-13H2,1-2H3. The lowest BCUT2D eigenvalue weighted by Gasteiger charge is -2.48. The molecule has 0 amide bonds. The van der Waals surface area contributed by atoms with Crippen LogP contribution in [0.25, 0.3) is 0 Å². The molecular formula is C17H26N2O. The summed E-state index contributed by atoms with van der Waals surface area (Å²) in [4.78, 5) is 5.30. The second kappa shape index (κ2) is 6.15. The molecule has 0 N–H and O–H groups in total. The van der Waals surface area contributed by atoms with Crippen LogP contribution in [0.5, 0.6) is 0 Å². The number of piperazine rings is 1. The maximum absolute atomic E-state index is 5.36. The molecule has 2 fully saturated rings. The molecule has 3 nitrogen and oxygen atoms in total. The highest BCUT2D eigenvalue weighted by Gasteiger charge is 2.33. The van der Waals surface area contributed by atoms with Crippen molar-refractivity contribution in [1.29, 1.82) is 0 Å². The monoisotopic (exact) mass is 274 g/mol. The van der Waals surface area contributed by atoms with Crippen LogP contribution in [0.15, 0.2) is 24.3 Å². The second-order valence-corrected chi connectivity index (χ2v) is 6.21. The molecule has 2 aliphatic rings.